The number of hydrogen-bond acceptors (Lipinski definition) is 3. The monoisotopic (exact) mass is 244 g/mol. The first kappa shape index (κ1) is 15.4. The number of likely N-dealkylation sites (N-methyl/N-ethyl adjacent to an activating group) is 1. The highest BCUT2D eigenvalue weighted by molar-refractivity contribution is 5.87. The van der Waals surface area contributed by atoms with Crippen molar-refractivity contribution in [2.75, 3.05) is 20.1 Å². The predicted octanol–water partition coefficient (Wildman–Crippen LogP) is 0.0818. The van der Waals surface area contributed by atoms with E-state index >= 15 is 0 Å². The molecule has 0 saturated heterocycles. The molecule has 0 spiro atoms. The number of rotatable bonds is 6. The Bertz CT molecular complexity index is 313. The number of carbonyl (C=O) groups is 3. The van der Waals surface area contributed by atoms with Crippen LogP contribution in [-0.4, -0.2) is 47.9 Å². The average molecular weight is 244 g/mol. The summed E-state index contributed by atoms with van der Waals surface area (Å²) in [6, 6.07) is 0. The summed E-state index contributed by atoms with van der Waals surface area (Å²) < 4.78 is 0. The van der Waals surface area contributed by atoms with Crippen LogP contribution < -0.4 is 5.32 Å². The Kier molecular flexibility index (Phi) is 5.64. The van der Waals surface area contributed by atoms with Crippen LogP contribution in [0.5, 0.6) is 0 Å². The van der Waals surface area contributed by atoms with E-state index in [1.807, 2.05) is 6.92 Å². The first-order valence-corrected chi connectivity index (χ1v) is 5.44. The molecule has 0 fully saturated rings. The quantitative estimate of drug-likeness (QED) is 0.693. The largest absolute Gasteiger partial charge is 0.481 e. The van der Waals surface area contributed by atoms with Crippen molar-refractivity contribution in [2.24, 2.45) is 5.41 Å². The van der Waals surface area contributed by atoms with Gasteiger partial charge in [-0.1, -0.05) is 0 Å². The van der Waals surface area contributed by atoms with Crippen LogP contribution in [0.4, 0.5) is 0 Å². The number of nitrogens with one attached hydrogen (secondary N) is 1. The van der Waals surface area contributed by atoms with E-state index in [-0.39, 0.29) is 18.9 Å². The van der Waals surface area contributed by atoms with Gasteiger partial charge in [-0.05, 0) is 20.8 Å². The number of carboxylic acid groups (broad SMARTS) is 1. The molecule has 0 unspecified atom stereocenters. The lowest BCUT2D eigenvalue weighted by Gasteiger charge is -2.19. The molecule has 0 heterocycles. The van der Waals surface area contributed by atoms with Crippen LogP contribution in [-0.2, 0) is 14.4 Å². The Balaban J connectivity index is 4.13. The zero-order valence-corrected chi connectivity index (χ0v) is 10.7. The third-order valence-electron chi connectivity index (χ3n) is 2.52. The summed E-state index contributed by atoms with van der Waals surface area (Å²) in [4.78, 5) is 35.1. The maximum Gasteiger partial charge on any atom is 0.309 e. The van der Waals surface area contributed by atoms with Crippen LogP contribution >= 0.6 is 0 Å². The molecular formula is C11H20N2O4. The Labute approximate surface area is 101 Å². The highest BCUT2D eigenvalue weighted by atomic mass is 16.4. The van der Waals surface area contributed by atoms with Crippen molar-refractivity contribution in [3.8, 4) is 0 Å². The molecule has 0 aliphatic carbocycles. The van der Waals surface area contributed by atoms with Crippen LogP contribution in [0.3, 0.4) is 0 Å². The highest BCUT2D eigenvalue weighted by Gasteiger charge is 2.30. The summed E-state index contributed by atoms with van der Waals surface area (Å²) in [6.07, 6.45) is -0.147. The van der Waals surface area contributed by atoms with Crippen molar-refractivity contribution >= 4 is 17.8 Å². The van der Waals surface area contributed by atoms with Crippen LogP contribution in [0.15, 0.2) is 0 Å². The molecule has 0 saturated carbocycles. The molecule has 0 aromatic rings. The number of carboxylic acids is 1. The molecule has 98 valence electrons. The van der Waals surface area contributed by atoms with Gasteiger partial charge in [0.15, 0.2) is 0 Å². The first-order valence-electron chi connectivity index (χ1n) is 5.44. The Hall–Kier alpha value is -1.59. The molecule has 0 aliphatic heterocycles. The summed E-state index contributed by atoms with van der Waals surface area (Å²) in [7, 11) is 1.63. The summed E-state index contributed by atoms with van der Waals surface area (Å²) in [5.74, 6) is -1.67. The normalized spacial score (nSPS) is 10.8. The first-order chi connectivity index (χ1) is 7.70. The molecule has 0 aromatic heterocycles. The van der Waals surface area contributed by atoms with Gasteiger partial charge in [0.1, 0.15) is 0 Å². The zero-order valence-electron chi connectivity index (χ0n) is 10.7. The van der Waals surface area contributed by atoms with Crippen LogP contribution in [0.1, 0.15) is 27.2 Å². The standard InChI is InChI=1S/C11H20N2O4/c1-5-13(4)9(15)7-12-8(14)6-11(2,3)10(16)17/h5-7H2,1-4H3,(H,12,14)(H,16,17). The van der Waals surface area contributed by atoms with E-state index in [9.17, 15) is 14.4 Å². The molecule has 0 bridgehead atoms. The third-order valence-corrected chi connectivity index (χ3v) is 2.52. The van der Waals surface area contributed by atoms with E-state index in [4.69, 9.17) is 5.11 Å². The zero-order chi connectivity index (χ0) is 13.6. The van der Waals surface area contributed by atoms with E-state index < -0.39 is 17.3 Å². The van der Waals surface area contributed by atoms with Crippen molar-refractivity contribution in [1.82, 2.24) is 10.2 Å². The number of nitrogens with zero attached hydrogens (tertiary/aromatic N) is 1. The van der Waals surface area contributed by atoms with E-state index in [1.165, 1.54) is 18.7 Å². The van der Waals surface area contributed by atoms with Gasteiger partial charge in [-0.3, -0.25) is 14.4 Å². The lowest BCUT2D eigenvalue weighted by molar-refractivity contribution is -0.149. The molecule has 6 nitrogen and oxygen atoms in total. The van der Waals surface area contributed by atoms with Crippen LogP contribution in [0.25, 0.3) is 0 Å². The number of aliphatic carboxylic acids is 1. The van der Waals surface area contributed by atoms with E-state index in [2.05, 4.69) is 5.32 Å². The van der Waals surface area contributed by atoms with Crippen molar-refractivity contribution < 1.29 is 19.5 Å². The third kappa shape index (κ3) is 5.33. The summed E-state index contributed by atoms with van der Waals surface area (Å²) in [5.41, 5.74) is -1.12. The second-order valence-corrected chi connectivity index (χ2v) is 4.55. The fourth-order valence-corrected chi connectivity index (χ4v) is 1.03. The van der Waals surface area contributed by atoms with Crippen LogP contribution in [0, 0.1) is 5.41 Å². The molecule has 0 aromatic carbocycles. The summed E-state index contributed by atoms with van der Waals surface area (Å²) >= 11 is 0. The Morgan fingerprint density at radius 2 is 1.82 bits per heavy atom. The second-order valence-electron chi connectivity index (χ2n) is 4.55. The van der Waals surface area contributed by atoms with Gasteiger partial charge in [-0.15, -0.1) is 0 Å². The molecule has 0 radical (unpaired) electrons. The topological polar surface area (TPSA) is 86.7 Å². The number of hydrogen-bond donors (Lipinski definition) is 2. The molecule has 6 heteroatoms. The second kappa shape index (κ2) is 6.22. The minimum absolute atomic E-state index is 0.0983. The minimum atomic E-state index is -1.12. The van der Waals surface area contributed by atoms with Gasteiger partial charge in [0.25, 0.3) is 0 Å². The molecule has 0 atom stereocenters. The van der Waals surface area contributed by atoms with Crippen molar-refractivity contribution in [1.29, 1.82) is 0 Å². The van der Waals surface area contributed by atoms with Crippen molar-refractivity contribution in [2.45, 2.75) is 27.2 Å². The van der Waals surface area contributed by atoms with Crippen LogP contribution in [0.2, 0.25) is 0 Å². The van der Waals surface area contributed by atoms with Gasteiger partial charge in [-0.25, -0.2) is 0 Å². The van der Waals surface area contributed by atoms with Gasteiger partial charge < -0.3 is 15.3 Å². The van der Waals surface area contributed by atoms with E-state index in [0.717, 1.165) is 0 Å². The molecule has 17 heavy (non-hydrogen) atoms. The minimum Gasteiger partial charge on any atom is -0.481 e. The summed E-state index contributed by atoms with van der Waals surface area (Å²) in [6.45, 7) is 5.23. The molecule has 2 amide bonds. The SMILES string of the molecule is CCN(C)C(=O)CNC(=O)CC(C)(C)C(=O)O. The van der Waals surface area contributed by atoms with Gasteiger partial charge in [0, 0.05) is 20.0 Å². The molecule has 0 rings (SSSR count). The fraction of sp³-hybridized carbons (Fsp3) is 0.727. The molecule has 0 aliphatic rings. The van der Waals surface area contributed by atoms with Gasteiger partial charge in [0.2, 0.25) is 11.8 Å². The lowest BCUT2D eigenvalue weighted by atomic mass is 9.89. The van der Waals surface area contributed by atoms with Crippen molar-refractivity contribution in [3.63, 3.8) is 0 Å². The van der Waals surface area contributed by atoms with Gasteiger partial charge in [0.05, 0.1) is 12.0 Å². The summed E-state index contributed by atoms with van der Waals surface area (Å²) in [5, 5.41) is 11.3. The smallest absolute Gasteiger partial charge is 0.309 e. The van der Waals surface area contributed by atoms with Crippen molar-refractivity contribution in [3.05, 3.63) is 0 Å². The Morgan fingerprint density at radius 1 is 1.29 bits per heavy atom. The predicted molar refractivity (Wildman–Crippen MR) is 62.4 cm³/mol. The maximum atomic E-state index is 11.4. The Morgan fingerprint density at radius 3 is 2.24 bits per heavy atom. The highest BCUT2D eigenvalue weighted by Crippen LogP contribution is 2.19. The van der Waals surface area contributed by atoms with Gasteiger partial charge in [-0.2, -0.15) is 0 Å². The van der Waals surface area contributed by atoms with E-state index in [1.54, 1.807) is 7.05 Å². The lowest BCUT2D eigenvalue weighted by Crippen LogP contribution is -2.40. The molecule has 2 N–H and O–H groups in total. The maximum absolute atomic E-state index is 11.4. The number of amides is 2. The average Bonchev–Trinajstić information content (AvgIpc) is 2.23. The van der Waals surface area contributed by atoms with Gasteiger partial charge >= 0.3 is 5.97 Å². The van der Waals surface area contributed by atoms with E-state index in [0.29, 0.717) is 6.54 Å². The fourth-order valence-electron chi connectivity index (χ4n) is 1.03. The number of carbonyl (C=O) groups excluding carboxylic acids is 2. The molecular weight excluding hydrogens is 224 g/mol.